The molecule has 0 aromatic rings. The van der Waals surface area contributed by atoms with Crippen molar-refractivity contribution in [2.75, 3.05) is 0 Å². The van der Waals surface area contributed by atoms with Crippen LogP contribution in [0.5, 0.6) is 0 Å². The van der Waals surface area contributed by atoms with E-state index in [-0.39, 0.29) is 12.2 Å². The van der Waals surface area contributed by atoms with Gasteiger partial charge in [-0.05, 0) is 13.8 Å². The topological polar surface area (TPSA) is 58.9 Å². The first kappa shape index (κ1) is 9.40. The van der Waals surface area contributed by atoms with E-state index in [2.05, 4.69) is 0 Å². The largest absolute Gasteiger partial charge is 0.390 e. The molecule has 0 unspecified atom stereocenters. The molecule has 0 bridgehead atoms. The molecule has 1 aliphatic carbocycles. The minimum atomic E-state index is -0.668. The van der Waals surface area contributed by atoms with Gasteiger partial charge >= 0.3 is 0 Å². The summed E-state index contributed by atoms with van der Waals surface area (Å²) >= 11 is 0. The van der Waals surface area contributed by atoms with Crippen LogP contribution >= 0.6 is 0 Å². The van der Waals surface area contributed by atoms with Crippen LogP contribution < -0.4 is 0 Å². The van der Waals surface area contributed by atoms with Crippen LogP contribution in [-0.2, 0) is 9.47 Å². The summed E-state index contributed by atoms with van der Waals surface area (Å²) in [6.45, 7) is 3.70. The van der Waals surface area contributed by atoms with E-state index in [1.54, 1.807) is 0 Å². The number of fused-ring (bicyclic) bond motifs is 1. The maximum Gasteiger partial charge on any atom is 0.163 e. The maximum atomic E-state index is 9.41. The fraction of sp³-hybridized carbons (Fsp3) is 1.00. The molecule has 2 N–H and O–H groups in total. The average molecular weight is 188 g/mol. The summed E-state index contributed by atoms with van der Waals surface area (Å²) in [5.74, 6) is -0.570. The molecule has 1 heterocycles. The fourth-order valence-corrected chi connectivity index (χ4v) is 2.10. The molecule has 76 valence electrons. The highest BCUT2D eigenvalue weighted by atomic mass is 16.8. The third kappa shape index (κ3) is 1.72. The van der Waals surface area contributed by atoms with Gasteiger partial charge in [-0.3, -0.25) is 0 Å². The Morgan fingerprint density at radius 1 is 1.00 bits per heavy atom. The van der Waals surface area contributed by atoms with Crippen molar-refractivity contribution in [3.63, 3.8) is 0 Å². The summed E-state index contributed by atoms with van der Waals surface area (Å²) in [5.41, 5.74) is 0. The van der Waals surface area contributed by atoms with Crippen LogP contribution in [0, 0.1) is 0 Å². The highest BCUT2D eigenvalue weighted by Gasteiger charge is 2.46. The zero-order chi connectivity index (χ0) is 9.64. The lowest BCUT2D eigenvalue weighted by Gasteiger charge is -2.30. The minimum Gasteiger partial charge on any atom is -0.390 e. The van der Waals surface area contributed by atoms with Gasteiger partial charge in [-0.2, -0.15) is 0 Å². The molecule has 2 fully saturated rings. The van der Waals surface area contributed by atoms with Gasteiger partial charge in [0.1, 0.15) is 0 Å². The van der Waals surface area contributed by atoms with Gasteiger partial charge in [0, 0.05) is 12.8 Å². The molecule has 4 nitrogen and oxygen atoms in total. The molecule has 2 rings (SSSR count). The molecule has 13 heavy (non-hydrogen) atoms. The van der Waals surface area contributed by atoms with Crippen LogP contribution in [0.25, 0.3) is 0 Å². The van der Waals surface area contributed by atoms with Gasteiger partial charge in [0.05, 0.1) is 24.4 Å². The Bertz CT molecular complexity index is 184. The number of hydrogen-bond donors (Lipinski definition) is 2. The second-order valence-corrected chi connectivity index (χ2v) is 4.32. The Hall–Kier alpha value is -0.160. The number of rotatable bonds is 0. The van der Waals surface area contributed by atoms with Crippen LogP contribution in [0.4, 0.5) is 0 Å². The molecule has 0 spiro atoms. The lowest BCUT2D eigenvalue weighted by Crippen LogP contribution is -2.43. The Morgan fingerprint density at radius 2 is 1.38 bits per heavy atom. The first-order valence-electron chi connectivity index (χ1n) is 4.70. The third-order valence-corrected chi connectivity index (χ3v) is 2.68. The second kappa shape index (κ2) is 2.92. The van der Waals surface area contributed by atoms with Crippen molar-refractivity contribution in [2.45, 2.75) is 56.9 Å². The van der Waals surface area contributed by atoms with Crippen molar-refractivity contribution in [3.05, 3.63) is 0 Å². The molecular formula is C9H16O4. The van der Waals surface area contributed by atoms with E-state index in [0.717, 1.165) is 0 Å². The zero-order valence-electron chi connectivity index (χ0n) is 7.93. The molecule has 2 aliphatic rings. The highest BCUT2D eigenvalue weighted by Crippen LogP contribution is 2.36. The molecular weight excluding hydrogens is 172 g/mol. The Balaban J connectivity index is 2.05. The Morgan fingerprint density at radius 3 is 1.77 bits per heavy atom. The molecule has 0 aromatic carbocycles. The van der Waals surface area contributed by atoms with Crippen LogP contribution in [0.2, 0.25) is 0 Å². The van der Waals surface area contributed by atoms with Crippen molar-refractivity contribution in [2.24, 2.45) is 0 Å². The van der Waals surface area contributed by atoms with Crippen molar-refractivity contribution in [3.8, 4) is 0 Å². The van der Waals surface area contributed by atoms with E-state index in [4.69, 9.17) is 9.47 Å². The van der Waals surface area contributed by atoms with Gasteiger partial charge in [0.25, 0.3) is 0 Å². The molecule has 1 aliphatic heterocycles. The molecule has 0 aromatic heterocycles. The van der Waals surface area contributed by atoms with E-state index >= 15 is 0 Å². The van der Waals surface area contributed by atoms with Crippen LogP contribution in [0.3, 0.4) is 0 Å². The Kier molecular flexibility index (Phi) is 2.11. The smallest absolute Gasteiger partial charge is 0.163 e. The van der Waals surface area contributed by atoms with Gasteiger partial charge in [-0.15, -0.1) is 0 Å². The molecule has 1 saturated carbocycles. The van der Waals surface area contributed by atoms with Crippen molar-refractivity contribution >= 4 is 0 Å². The Labute approximate surface area is 77.5 Å². The lowest BCUT2D eigenvalue weighted by molar-refractivity contribution is -0.146. The normalized spacial score (nSPS) is 48.9. The van der Waals surface area contributed by atoms with Crippen molar-refractivity contribution < 1.29 is 19.7 Å². The van der Waals surface area contributed by atoms with Gasteiger partial charge < -0.3 is 19.7 Å². The number of aliphatic hydroxyl groups excluding tert-OH is 2. The van der Waals surface area contributed by atoms with Crippen LogP contribution in [0.1, 0.15) is 26.7 Å². The van der Waals surface area contributed by atoms with E-state index in [1.165, 1.54) is 0 Å². The van der Waals surface area contributed by atoms with Crippen molar-refractivity contribution in [1.82, 2.24) is 0 Å². The van der Waals surface area contributed by atoms with Crippen molar-refractivity contribution in [1.29, 1.82) is 0 Å². The first-order chi connectivity index (χ1) is 5.98. The average Bonchev–Trinajstić information content (AvgIpc) is 2.24. The van der Waals surface area contributed by atoms with Gasteiger partial charge in [-0.25, -0.2) is 0 Å². The molecule has 0 radical (unpaired) electrons. The van der Waals surface area contributed by atoms with E-state index in [0.29, 0.717) is 12.8 Å². The molecule has 4 heteroatoms. The summed E-state index contributed by atoms with van der Waals surface area (Å²) in [6, 6.07) is 0. The lowest BCUT2D eigenvalue weighted by atomic mass is 9.90. The number of hydrogen-bond acceptors (Lipinski definition) is 4. The quantitative estimate of drug-likeness (QED) is 0.562. The van der Waals surface area contributed by atoms with Crippen LogP contribution in [0.15, 0.2) is 0 Å². The first-order valence-corrected chi connectivity index (χ1v) is 4.70. The van der Waals surface area contributed by atoms with Gasteiger partial charge in [0.2, 0.25) is 0 Å². The fourth-order valence-electron chi connectivity index (χ4n) is 2.10. The summed E-state index contributed by atoms with van der Waals surface area (Å²) in [6.07, 6.45) is -0.524. The third-order valence-electron chi connectivity index (χ3n) is 2.68. The highest BCUT2D eigenvalue weighted by molar-refractivity contribution is 4.92. The number of aliphatic hydroxyl groups is 2. The van der Waals surface area contributed by atoms with E-state index in [9.17, 15) is 10.2 Å². The second-order valence-electron chi connectivity index (χ2n) is 4.32. The predicted octanol–water partition coefficient (Wildman–Crippen LogP) is 0.0221. The summed E-state index contributed by atoms with van der Waals surface area (Å²) in [4.78, 5) is 0. The molecule has 0 amide bonds. The van der Waals surface area contributed by atoms with E-state index in [1.807, 2.05) is 13.8 Å². The monoisotopic (exact) mass is 188 g/mol. The number of ether oxygens (including phenoxy) is 2. The minimum absolute atomic E-state index is 0.0617. The molecule has 4 atom stereocenters. The predicted molar refractivity (Wildman–Crippen MR) is 45.1 cm³/mol. The van der Waals surface area contributed by atoms with E-state index < -0.39 is 18.0 Å². The zero-order valence-corrected chi connectivity index (χ0v) is 7.93. The standard InChI is InChI=1S/C9H16O4/c1-9(2)12-7-3-5(10)6(11)4-8(7)13-9/h5-8,10-11H,3-4H2,1-2H3/t5-,6+,7-,8+. The summed E-state index contributed by atoms with van der Waals surface area (Å²) < 4.78 is 11.2. The summed E-state index contributed by atoms with van der Waals surface area (Å²) in [5, 5.41) is 18.8. The van der Waals surface area contributed by atoms with Gasteiger partial charge in [0.15, 0.2) is 5.79 Å². The van der Waals surface area contributed by atoms with Gasteiger partial charge in [-0.1, -0.05) is 0 Å². The molecule has 1 saturated heterocycles. The maximum absolute atomic E-state index is 9.41. The summed E-state index contributed by atoms with van der Waals surface area (Å²) in [7, 11) is 0. The van der Waals surface area contributed by atoms with Crippen LogP contribution in [-0.4, -0.2) is 40.4 Å². The SMILES string of the molecule is CC1(C)O[C@H]2C[C@H](O)[C@H](O)C[C@H]2O1.